The fraction of sp³-hybridized carbons (Fsp3) is 0.333. The maximum Gasteiger partial charge on any atom is 0.239 e. The van der Waals surface area contributed by atoms with Crippen LogP contribution in [0.15, 0.2) is 18.2 Å². The Hall–Kier alpha value is -2.04. The first-order valence-corrected chi connectivity index (χ1v) is 5.45. The molecule has 0 spiro atoms. The number of amides is 1. The topological polar surface area (TPSA) is 84.2 Å². The molecule has 0 saturated heterocycles. The van der Waals surface area contributed by atoms with Gasteiger partial charge in [-0.15, -0.1) is 0 Å². The van der Waals surface area contributed by atoms with Gasteiger partial charge in [-0.1, -0.05) is 0 Å². The molecule has 0 bridgehead atoms. The van der Waals surface area contributed by atoms with Gasteiger partial charge in [-0.3, -0.25) is 9.59 Å². The predicted octanol–water partition coefficient (Wildman–Crippen LogP) is 1.02. The number of hydrogen-bond donors (Lipinski definition) is 3. The third kappa shape index (κ3) is 3.79. The number of nitrogens with one attached hydrogen (secondary N) is 2. The summed E-state index contributed by atoms with van der Waals surface area (Å²) in [6, 6.07) is 5.04. The minimum atomic E-state index is -0.0934. The van der Waals surface area contributed by atoms with Gasteiger partial charge in [0.15, 0.2) is 5.78 Å². The van der Waals surface area contributed by atoms with E-state index in [-0.39, 0.29) is 18.2 Å². The number of nitrogens with two attached hydrogens (primary N) is 1. The fourth-order valence-electron chi connectivity index (χ4n) is 1.41. The maximum atomic E-state index is 11.3. The van der Waals surface area contributed by atoms with Crippen molar-refractivity contribution in [1.29, 1.82) is 0 Å². The van der Waals surface area contributed by atoms with Gasteiger partial charge in [-0.05, 0) is 32.0 Å². The van der Waals surface area contributed by atoms with Gasteiger partial charge in [0.05, 0.1) is 6.54 Å². The number of hydrogen-bond acceptors (Lipinski definition) is 4. The third-order valence-electron chi connectivity index (χ3n) is 2.26. The minimum Gasteiger partial charge on any atom is -0.398 e. The molecule has 0 saturated carbocycles. The van der Waals surface area contributed by atoms with Gasteiger partial charge in [0, 0.05) is 23.5 Å². The number of carbonyl (C=O) groups is 2. The van der Waals surface area contributed by atoms with E-state index in [1.807, 2.05) is 6.92 Å². The summed E-state index contributed by atoms with van der Waals surface area (Å²) in [6.45, 7) is 4.09. The molecule has 1 amide bonds. The fourth-order valence-corrected chi connectivity index (χ4v) is 1.41. The molecule has 0 atom stereocenters. The Morgan fingerprint density at radius 1 is 1.35 bits per heavy atom. The van der Waals surface area contributed by atoms with E-state index in [0.717, 1.165) is 0 Å². The Kier molecular flexibility index (Phi) is 4.51. The van der Waals surface area contributed by atoms with Gasteiger partial charge in [-0.2, -0.15) is 0 Å². The molecule has 5 nitrogen and oxygen atoms in total. The molecule has 0 fully saturated rings. The molecule has 5 heteroatoms. The Balaban J connectivity index is 2.69. The summed E-state index contributed by atoms with van der Waals surface area (Å²) < 4.78 is 0. The van der Waals surface area contributed by atoms with Gasteiger partial charge in [0.2, 0.25) is 5.91 Å². The number of Topliss-reactive ketones (excluding diaryl/α,β-unsaturated/α-hetero) is 1. The van der Waals surface area contributed by atoms with Gasteiger partial charge in [-0.25, -0.2) is 0 Å². The first-order valence-electron chi connectivity index (χ1n) is 5.45. The van der Waals surface area contributed by atoms with Crippen molar-refractivity contribution in [3.63, 3.8) is 0 Å². The molecule has 1 aromatic carbocycles. The standard InChI is InChI=1S/C12H17N3O2/c1-3-14-12(17)7-15-9-4-5-11(13)10(6-9)8(2)16/h4-6,15H,3,7,13H2,1-2H3,(H,14,17). The second-order valence-corrected chi connectivity index (χ2v) is 3.67. The highest BCUT2D eigenvalue weighted by atomic mass is 16.1. The van der Waals surface area contributed by atoms with Gasteiger partial charge < -0.3 is 16.4 Å². The summed E-state index contributed by atoms with van der Waals surface area (Å²) in [5.74, 6) is -0.183. The van der Waals surface area contributed by atoms with Crippen LogP contribution in [0.5, 0.6) is 0 Å². The lowest BCUT2D eigenvalue weighted by molar-refractivity contribution is -0.119. The minimum absolute atomic E-state index is 0.0892. The highest BCUT2D eigenvalue weighted by Crippen LogP contribution is 2.18. The summed E-state index contributed by atoms with van der Waals surface area (Å²) in [5.41, 5.74) is 7.28. The highest BCUT2D eigenvalue weighted by Gasteiger charge is 2.06. The van der Waals surface area contributed by atoms with Crippen LogP contribution in [0.1, 0.15) is 24.2 Å². The van der Waals surface area contributed by atoms with Crippen LogP contribution in [-0.4, -0.2) is 24.8 Å². The van der Waals surface area contributed by atoms with Crippen LogP contribution in [0.2, 0.25) is 0 Å². The molecule has 4 N–H and O–H groups in total. The van der Waals surface area contributed by atoms with E-state index < -0.39 is 0 Å². The van der Waals surface area contributed by atoms with Crippen LogP contribution in [0.25, 0.3) is 0 Å². The number of rotatable bonds is 5. The Bertz CT molecular complexity index is 430. The SMILES string of the molecule is CCNC(=O)CNc1ccc(N)c(C(C)=O)c1. The molecule has 0 unspecified atom stereocenters. The number of benzene rings is 1. The van der Waals surface area contributed by atoms with Crippen molar-refractivity contribution in [3.8, 4) is 0 Å². The molecular formula is C12H17N3O2. The van der Waals surface area contributed by atoms with E-state index in [2.05, 4.69) is 10.6 Å². The molecule has 0 aromatic heterocycles. The molecule has 1 rings (SSSR count). The van der Waals surface area contributed by atoms with Crippen LogP contribution >= 0.6 is 0 Å². The lowest BCUT2D eigenvalue weighted by Gasteiger charge is -2.09. The summed E-state index contributed by atoms with van der Waals surface area (Å²) in [7, 11) is 0. The molecule has 1 aromatic rings. The lowest BCUT2D eigenvalue weighted by Crippen LogP contribution is -2.29. The zero-order chi connectivity index (χ0) is 12.8. The highest BCUT2D eigenvalue weighted by molar-refractivity contribution is 6.00. The summed E-state index contributed by atoms with van der Waals surface area (Å²) in [6.07, 6.45) is 0. The monoisotopic (exact) mass is 235 g/mol. The van der Waals surface area contributed by atoms with Crippen molar-refractivity contribution in [2.75, 3.05) is 24.1 Å². The first-order chi connectivity index (χ1) is 8.04. The number of ketones is 1. The summed E-state index contributed by atoms with van der Waals surface area (Å²) in [4.78, 5) is 22.5. The van der Waals surface area contributed by atoms with Gasteiger partial charge >= 0.3 is 0 Å². The first kappa shape index (κ1) is 13.0. The van der Waals surface area contributed by atoms with Crippen molar-refractivity contribution in [3.05, 3.63) is 23.8 Å². The third-order valence-corrected chi connectivity index (χ3v) is 2.26. The maximum absolute atomic E-state index is 11.3. The van der Waals surface area contributed by atoms with Gasteiger partial charge in [0.1, 0.15) is 0 Å². The van der Waals surface area contributed by atoms with E-state index >= 15 is 0 Å². The zero-order valence-corrected chi connectivity index (χ0v) is 10.0. The normalized spacial score (nSPS) is 9.76. The summed E-state index contributed by atoms with van der Waals surface area (Å²) in [5, 5.41) is 5.60. The smallest absolute Gasteiger partial charge is 0.239 e. The molecule has 0 heterocycles. The molecule has 0 aliphatic carbocycles. The zero-order valence-electron chi connectivity index (χ0n) is 10.0. The number of carbonyl (C=O) groups excluding carboxylic acids is 2. The van der Waals surface area contributed by atoms with Gasteiger partial charge in [0.25, 0.3) is 0 Å². The van der Waals surface area contributed by atoms with E-state index in [1.54, 1.807) is 18.2 Å². The van der Waals surface area contributed by atoms with Crippen LogP contribution in [0.3, 0.4) is 0 Å². The Morgan fingerprint density at radius 3 is 2.65 bits per heavy atom. The molecule has 17 heavy (non-hydrogen) atoms. The van der Waals surface area contributed by atoms with Crippen LogP contribution < -0.4 is 16.4 Å². The van der Waals surface area contributed by atoms with Crippen molar-refractivity contribution >= 4 is 23.1 Å². The predicted molar refractivity (Wildman–Crippen MR) is 68.0 cm³/mol. The van der Waals surface area contributed by atoms with Crippen LogP contribution in [-0.2, 0) is 4.79 Å². The average Bonchev–Trinajstić information content (AvgIpc) is 2.28. The van der Waals surface area contributed by atoms with Crippen molar-refractivity contribution in [2.24, 2.45) is 0 Å². The van der Waals surface area contributed by atoms with Crippen LogP contribution in [0.4, 0.5) is 11.4 Å². The average molecular weight is 235 g/mol. The van der Waals surface area contributed by atoms with Crippen molar-refractivity contribution in [1.82, 2.24) is 5.32 Å². The molecular weight excluding hydrogens is 218 g/mol. The molecule has 0 radical (unpaired) electrons. The van der Waals surface area contributed by atoms with E-state index in [0.29, 0.717) is 23.5 Å². The molecule has 0 aliphatic heterocycles. The molecule has 0 aliphatic rings. The Morgan fingerprint density at radius 2 is 2.06 bits per heavy atom. The van der Waals surface area contributed by atoms with Crippen molar-refractivity contribution in [2.45, 2.75) is 13.8 Å². The van der Waals surface area contributed by atoms with Crippen molar-refractivity contribution < 1.29 is 9.59 Å². The van der Waals surface area contributed by atoms with Crippen LogP contribution in [0, 0.1) is 0 Å². The number of nitrogen functional groups attached to an aromatic ring is 1. The number of anilines is 2. The van der Waals surface area contributed by atoms with E-state index in [9.17, 15) is 9.59 Å². The second-order valence-electron chi connectivity index (χ2n) is 3.67. The quantitative estimate of drug-likeness (QED) is 0.525. The summed E-state index contributed by atoms with van der Waals surface area (Å²) >= 11 is 0. The second kappa shape index (κ2) is 5.89. The molecule has 92 valence electrons. The van der Waals surface area contributed by atoms with E-state index in [1.165, 1.54) is 6.92 Å². The largest absolute Gasteiger partial charge is 0.398 e. The number of likely N-dealkylation sites (N-methyl/N-ethyl adjacent to an activating group) is 1. The lowest BCUT2D eigenvalue weighted by atomic mass is 10.1. The van der Waals surface area contributed by atoms with E-state index in [4.69, 9.17) is 5.73 Å². The Labute approximate surface area is 100 Å².